The van der Waals surface area contributed by atoms with Crippen LogP contribution in [0.5, 0.6) is 0 Å². The summed E-state index contributed by atoms with van der Waals surface area (Å²) in [6, 6.07) is 7.07. The Morgan fingerprint density at radius 2 is 2.11 bits per heavy atom. The average Bonchev–Trinajstić information content (AvgIpc) is 2.83. The molecule has 0 aliphatic rings. The van der Waals surface area contributed by atoms with Gasteiger partial charge in [0.2, 0.25) is 0 Å². The van der Waals surface area contributed by atoms with Gasteiger partial charge in [0.05, 0.1) is 11.1 Å². The number of nitrogens with zero attached hydrogens (tertiary/aromatic N) is 3. The SMILES string of the molecule is Cc1cc(NC(=O)c2cccc3nccnc23)n[nH]1. The van der Waals surface area contributed by atoms with Crippen molar-refractivity contribution in [2.45, 2.75) is 6.92 Å². The molecule has 2 aromatic heterocycles. The van der Waals surface area contributed by atoms with E-state index in [1.807, 2.05) is 13.0 Å². The Bertz CT molecular complexity index is 744. The van der Waals surface area contributed by atoms with E-state index in [-0.39, 0.29) is 5.91 Å². The molecule has 2 N–H and O–H groups in total. The molecule has 0 spiro atoms. The van der Waals surface area contributed by atoms with E-state index < -0.39 is 0 Å². The standard InChI is InChI=1S/C13H11N5O/c1-8-7-11(18-17-8)16-13(19)9-3-2-4-10-12(9)15-6-5-14-10/h2-7H,1H3,(H2,16,17,18,19). The average molecular weight is 253 g/mol. The van der Waals surface area contributed by atoms with Crippen molar-refractivity contribution in [3.63, 3.8) is 0 Å². The fraction of sp³-hybridized carbons (Fsp3) is 0.0769. The number of anilines is 1. The number of nitrogens with one attached hydrogen (secondary N) is 2. The highest BCUT2D eigenvalue weighted by atomic mass is 16.1. The molecule has 0 bridgehead atoms. The third-order valence-electron chi connectivity index (χ3n) is 2.69. The number of aromatic nitrogens is 4. The summed E-state index contributed by atoms with van der Waals surface area (Å²) in [5, 5.41) is 9.46. The zero-order chi connectivity index (χ0) is 13.2. The van der Waals surface area contributed by atoms with Crippen LogP contribution in [0.3, 0.4) is 0 Å². The van der Waals surface area contributed by atoms with E-state index in [4.69, 9.17) is 0 Å². The quantitative estimate of drug-likeness (QED) is 0.730. The molecule has 94 valence electrons. The third-order valence-corrected chi connectivity index (χ3v) is 2.69. The molecule has 6 heteroatoms. The van der Waals surface area contributed by atoms with Gasteiger partial charge in [0.15, 0.2) is 5.82 Å². The molecule has 19 heavy (non-hydrogen) atoms. The second-order valence-electron chi connectivity index (χ2n) is 4.12. The highest BCUT2D eigenvalue weighted by molar-refractivity contribution is 6.10. The number of fused-ring (bicyclic) bond motifs is 1. The third kappa shape index (κ3) is 2.15. The van der Waals surface area contributed by atoms with Crippen molar-refractivity contribution in [2.75, 3.05) is 5.32 Å². The summed E-state index contributed by atoms with van der Waals surface area (Å²) in [4.78, 5) is 20.6. The molecule has 0 aliphatic carbocycles. The lowest BCUT2D eigenvalue weighted by Gasteiger charge is -2.04. The topological polar surface area (TPSA) is 83.6 Å². The first-order valence-corrected chi connectivity index (χ1v) is 5.77. The molecule has 1 aromatic carbocycles. The number of amides is 1. The van der Waals surface area contributed by atoms with Crippen molar-refractivity contribution in [1.29, 1.82) is 0 Å². The maximum atomic E-state index is 12.2. The first-order valence-electron chi connectivity index (χ1n) is 5.77. The second-order valence-corrected chi connectivity index (χ2v) is 4.12. The molecule has 2 heterocycles. The number of carbonyl (C=O) groups is 1. The number of hydrogen-bond donors (Lipinski definition) is 2. The van der Waals surface area contributed by atoms with Crippen LogP contribution in [-0.2, 0) is 0 Å². The largest absolute Gasteiger partial charge is 0.305 e. The summed E-state index contributed by atoms with van der Waals surface area (Å²) in [6.45, 7) is 1.87. The van der Waals surface area contributed by atoms with Crippen LogP contribution >= 0.6 is 0 Å². The predicted octanol–water partition coefficient (Wildman–Crippen LogP) is 1.91. The molecule has 1 amide bonds. The number of aryl methyl sites for hydroxylation is 1. The Morgan fingerprint density at radius 1 is 1.26 bits per heavy atom. The van der Waals surface area contributed by atoms with E-state index in [9.17, 15) is 4.79 Å². The lowest BCUT2D eigenvalue weighted by Crippen LogP contribution is -2.13. The van der Waals surface area contributed by atoms with Crippen molar-refractivity contribution < 1.29 is 4.79 Å². The molecular weight excluding hydrogens is 242 g/mol. The number of H-pyrrole nitrogens is 1. The van der Waals surface area contributed by atoms with Gasteiger partial charge in [-0.2, -0.15) is 5.10 Å². The summed E-state index contributed by atoms with van der Waals surface area (Å²) < 4.78 is 0. The van der Waals surface area contributed by atoms with Gasteiger partial charge in [0, 0.05) is 24.2 Å². The van der Waals surface area contributed by atoms with Gasteiger partial charge in [-0.15, -0.1) is 0 Å². The Kier molecular flexibility index (Phi) is 2.68. The Hall–Kier alpha value is -2.76. The zero-order valence-corrected chi connectivity index (χ0v) is 10.2. The highest BCUT2D eigenvalue weighted by Crippen LogP contribution is 2.15. The molecule has 0 radical (unpaired) electrons. The van der Waals surface area contributed by atoms with Gasteiger partial charge >= 0.3 is 0 Å². The maximum absolute atomic E-state index is 12.2. The van der Waals surface area contributed by atoms with Crippen molar-refractivity contribution >= 4 is 22.8 Å². The molecule has 3 aromatic rings. The number of carbonyl (C=O) groups excluding carboxylic acids is 1. The first-order chi connectivity index (χ1) is 9.24. The number of rotatable bonds is 2. The maximum Gasteiger partial charge on any atom is 0.259 e. The lowest BCUT2D eigenvalue weighted by molar-refractivity contribution is 0.102. The smallest absolute Gasteiger partial charge is 0.259 e. The minimum Gasteiger partial charge on any atom is -0.305 e. The van der Waals surface area contributed by atoms with Crippen LogP contribution in [0, 0.1) is 6.92 Å². The van der Waals surface area contributed by atoms with Crippen LogP contribution in [0.25, 0.3) is 11.0 Å². The number of para-hydroxylation sites is 1. The second kappa shape index (κ2) is 4.49. The monoisotopic (exact) mass is 253 g/mol. The van der Waals surface area contributed by atoms with Gasteiger partial charge in [0.1, 0.15) is 5.52 Å². The van der Waals surface area contributed by atoms with Crippen LogP contribution in [0.4, 0.5) is 5.82 Å². The molecule has 0 fully saturated rings. The van der Waals surface area contributed by atoms with Gasteiger partial charge in [-0.05, 0) is 19.1 Å². The summed E-state index contributed by atoms with van der Waals surface area (Å²) >= 11 is 0. The van der Waals surface area contributed by atoms with Crippen LogP contribution in [0.1, 0.15) is 16.1 Å². The van der Waals surface area contributed by atoms with Crippen molar-refractivity contribution in [1.82, 2.24) is 20.2 Å². The number of aromatic amines is 1. The molecule has 0 aliphatic heterocycles. The molecule has 0 atom stereocenters. The summed E-state index contributed by atoms with van der Waals surface area (Å²) in [7, 11) is 0. The van der Waals surface area contributed by atoms with Gasteiger partial charge in [-0.25, -0.2) is 0 Å². The van der Waals surface area contributed by atoms with Crippen LogP contribution < -0.4 is 5.32 Å². The van der Waals surface area contributed by atoms with Crippen LogP contribution in [0.2, 0.25) is 0 Å². The van der Waals surface area contributed by atoms with E-state index in [2.05, 4.69) is 25.5 Å². The summed E-state index contributed by atoms with van der Waals surface area (Å²) in [5.74, 6) is 0.237. The van der Waals surface area contributed by atoms with E-state index in [0.29, 0.717) is 22.4 Å². The molecular formula is C13H11N5O. The normalized spacial score (nSPS) is 10.6. The number of hydrogen-bond acceptors (Lipinski definition) is 4. The van der Waals surface area contributed by atoms with E-state index in [1.165, 1.54) is 0 Å². The molecule has 0 unspecified atom stereocenters. The fourth-order valence-electron chi connectivity index (χ4n) is 1.84. The molecule has 0 saturated carbocycles. The molecule has 0 saturated heterocycles. The van der Waals surface area contributed by atoms with Gasteiger partial charge in [-0.3, -0.25) is 19.9 Å². The fourth-order valence-corrected chi connectivity index (χ4v) is 1.84. The van der Waals surface area contributed by atoms with E-state index >= 15 is 0 Å². The Morgan fingerprint density at radius 3 is 2.89 bits per heavy atom. The highest BCUT2D eigenvalue weighted by Gasteiger charge is 2.12. The Labute approximate surface area is 108 Å². The van der Waals surface area contributed by atoms with E-state index in [0.717, 1.165) is 5.69 Å². The summed E-state index contributed by atoms with van der Waals surface area (Å²) in [5.41, 5.74) is 2.63. The van der Waals surface area contributed by atoms with Gasteiger partial charge in [-0.1, -0.05) is 6.07 Å². The Balaban J connectivity index is 1.97. The van der Waals surface area contributed by atoms with Crippen LogP contribution in [0.15, 0.2) is 36.7 Å². The zero-order valence-electron chi connectivity index (χ0n) is 10.2. The van der Waals surface area contributed by atoms with E-state index in [1.54, 1.807) is 30.6 Å². The van der Waals surface area contributed by atoms with Crippen molar-refractivity contribution in [3.05, 3.63) is 47.9 Å². The minimum atomic E-state index is -0.252. The number of benzene rings is 1. The first kappa shape index (κ1) is 11.3. The molecule has 6 nitrogen and oxygen atoms in total. The van der Waals surface area contributed by atoms with Crippen molar-refractivity contribution in [2.24, 2.45) is 0 Å². The predicted molar refractivity (Wildman–Crippen MR) is 70.8 cm³/mol. The summed E-state index contributed by atoms with van der Waals surface area (Å²) in [6.07, 6.45) is 3.17. The van der Waals surface area contributed by atoms with Crippen molar-refractivity contribution in [3.8, 4) is 0 Å². The van der Waals surface area contributed by atoms with Gasteiger partial charge in [0.25, 0.3) is 5.91 Å². The minimum absolute atomic E-state index is 0.252. The van der Waals surface area contributed by atoms with Gasteiger partial charge < -0.3 is 5.32 Å². The lowest BCUT2D eigenvalue weighted by atomic mass is 10.1. The molecule has 3 rings (SSSR count). The van der Waals surface area contributed by atoms with Crippen LogP contribution in [-0.4, -0.2) is 26.1 Å².